The maximum atomic E-state index is 5.87. The number of thiazole rings is 1. The number of hydrogen-bond acceptors (Lipinski definition) is 3. The van der Waals surface area contributed by atoms with Gasteiger partial charge in [-0.25, -0.2) is 4.98 Å². The lowest BCUT2D eigenvalue weighted by Gasteiger charge is -1.99. The van der Waals surface area contributed by atoms with Crippen molar-refractivity contribution in [3.05, 3.63) is 50.9 Å². The fraction of sp³-hybridized carbons (Fsp3) is 0.357. The first-order valence-electron chi connectivity index (χ1n) is 6.21. The van der Waals surface area contributed by atoms with Crippen molar-refractivity contribution in [3.63, 3.8) is 0 Å². The Kier molecular flexibility index (Phi) is 3.64. The van der Waals surface area contributed by atoms with E-state index >= 15 is 0 Å². The Labute approximate surface area is 116 Å². The molecule has 18 heavy (non-hydrogen) atoms. The van der Waals surface area contributed by atoms with Crippen molar-refractivity contribution >= 4 is 22.9 Å². The van der Waals surface area contributed by atoms with Crippen molar-refractivity contribution in [1.82, 2.24) is 10.3 Å². The van der Waals surface area contributed by atoms with Crippen molar-refractivity contribution < 1.29 is 0 Å². The minimum Gasteiger partial charge on any atom is -0.308 e. The molecule has 0 amide bonds. The molecule has 0 atom stereocenters. The first-order chi connectivity index (χ1) is 8.79. The van der Waals surface area contributed by atoms with Gasteiger partial charge in [-0.15, -0.1) is 11.3 Å². The van der Waals surface area contributed by atoms with E-state index in [0.717, 1.165) is 29.7 Å². The average Bonchev–Trinajstić information content (AvgIpc) is 3.10. The maximum Gasteiger partial charge on any atom is 0.0972 e. The quantitative estimate of drug-likeness (QED) is 0.903. The molecule has 4 heteroatoms. The van der Waals surface area contributed by atoms with Crippen LogP contribution in [0.15, 0.2) is 29.6 Å². The van der Waals surface area contributed by atoms with Crippen LogP contribution in [0, 0.1) is 0 Å². The zero-order chi connectivity index (χ0) is 12.4. The number of nitrogens with one attached hydrogen (secondary N) is 1. The zero-order valence-corrected chi connectivity index (χ0v) is 11.6. The van der Waals surface area contributed by atoms with Crippen LogP contribution in [0.25, 0.3) is 0 Å². The van der Waals surface area contributed by atoms with Gasteiger partial charge in [0, 0.05) is 29.4 Å². The molecule has 0 aliphatic heterocycles. The summed E-state index contributed by atoms with van der Waals surface area (Å²) in [6.45, 7) is 0.905. The Hall–Kier alpha value is -0.900. The second-order valence-corrected chi connectivity index (χ2v) is 6.07. The molecule has 1 aliphatic carbocycles. The summed E-state index contributed by atoms with van der Waals surface area (Å²) in [5, 5.41) is 7.59. The van der Waals surface area contributed by atoms with Crippen molar-refractivity contribution in [1.29, 1.82) is 0 Å². The smallest absolute Gasteiger partial charge is 0.0972 e. The van der Waals surface area contributed by atoms with Gasteiger partial charge in [0.05, 0.1) is 10.7 Å². The van der Waals surface area contributed by atoms with E-state index in [1.54, 1.807) is 11.3 Å². The van der Waals surface area contributed by atoms with Gasteiger partial charge in [0.15, 0.2) is 0 Å². The summed E-state index contributed by atoms with van der Waals surface area (Å²) >= 11 is 7.61. The van der Waals surface area contributed by atoms with E-state index in [0.29, 0.717) is 0 Å². The van der Waals surface area contributed by atoms with E-state index in [-0.39, 0.29) is 0 Å². The molecule has 1 fully saturated rings. The van der Waals surface area contributed by atoms with Crippen molar-refractivity contribution in [2.75, 3.05) is 0 Å². The molecule has 3 rings (SSSR count). The normalized spacial score (nSPS) is 14.9. The second kappa shape index (κ2) is 5.39. The average molecular weight is 279 g/mol. The highest BCUT2D eigenvalue weighted by molar-refractivity contribution is 7.09. The minimum atomic E-state index is 0.742. The monoisotopic (exact) mass is 278 g/mol. The SMILES string of the molecule is Clc1ccc(Cc2nc(CNC3CC3)cs2)cc1. The highest BCUT2D eigenvalue weighted by atomic mass is 35.5. The molecule has 1 aromatic carbocycles. The van der Waals surface area contributed by atoms with Crippen molar-refractivity contribution in [2.24, 2.45) is 0 Å². The van der Waals surface area contributed by atoms with Crippen LogP contribution in [0.5, 0.6) is 0 Å². The van der Waals surface area contributed by atoms with Crippen LogP contribution in [0.4, 0.5) is 0 Å². The van der Waals surface area contributed by atoms with E-state index in [2.05, 4.69) is 27.8 Å². The lowest BCUT2D eigenvalue weighted by atomic mass is 10.2. The first-order valence-corrected chi connectivity index (χ1v) is 7.46. The topological polar surface area (TPSA) is 24.9 Å². The Morgan fingerprint density at radius 1 is 1.28 bits per heavy atom. The molecule has 94 valence electrons. The molecule has 0 spiro atoms. The van der Waals surface area contributed by atoms with Gasteiger partial charge in [-0.05, 0) is 30.5 Å². The van der Waals surface area contributed by atoms with Crippen LogP contribution in [0.1, 0.15) is 29.1 Å². The number of aromatic nitrogens is 1. The van der Waals surface area contributed by atoms with Gasteiger partial charge >= 0.3 is 0 Å². The fourth-order valence-electron chi connectivity index (χ4n) is 1.82. The van der Waals surface area contributed by atoms with E-state index < -0.39 is 0 Å². The molecular weight excluding hydrogens is 264 g/mol. The van der Waals surface area contributed by atoms with Crippen LogP contribution in [-0.2, 0) is 13.0 Å². The molecule has 2 aromatic rings. The van der Waals surface area contributed by atoms with Gasteiger partial charge in [-0.2, -0.15) is 0 Å². The largest absolute Gasteiger partial charge is 0.308 e. The van der Waals surface area contributed by atoms with E-state index in [4.69, 9.17) is 11.6 Å². The minimum absolute atomic E-state index is 0.742. The third-order valence-electron chi connectivity index (χ3n) is 3.02. The summed E-state index contributed by atoms with van der Waals surface area (Å²) in [7, 11) is 0. The van der Waals surface area contributed by atoms with Crippen LogP contribution in [0.2, 0.25) is 5.02 Å². The van der Waals surface area contributed by atoms with Gasteiger partial charge < -0.3 is 5.32 Å². The fourth-order valence-corrected chi connectivity index (χ4v) is 2.78. The number of hydrogen-bond donors (Lipinski definition) is 1. The third kappa shape index (κ3) is 3.31. The van der Waals surface area contributed by atoms with E-state index in [9.17, 15) is 0 Å². The van der Waals surface area contributed by atoms with Crippen LogP contribution in [0.3, 0.4) is 0 Å². The van der Waals surface area contributed by atoms with Gasteiger partial charge in [0.1, 0.15) is 0 Å². The van der Waals surface area contributed by atoms with Crippen molar-refractivity contribution in [3.8, 4) is 0 Å². The van der Waals surface area contributed by atoms with E-state index in [1.165, 1.54) is 23.4 Å². The van der Waals surface area contributed by atoms with Gasteiger partial charge in [0.2, 0.25) is 0 Å². The van der Waals surface area contributed by atoms with Gasteiger partial charge in [-0.3, -0.25) is 0 Å². The first kappa shape index (κ1) is 12.2. The summed E-state index contributed by atoms with van der Waals surface area (Å²) in [5.74, 6) is 0. The lowest BCUT2D eigenvalue weighted by Crippen LogP contribution is -2.15. The molecule has 1 aromatic heterocycles. The Bertz CT molecular complexity index is 517. The summed E-state index contributed by atoms with van der Waals surface area (Å²) in [4.78, 5) is 4.65. The predicted octanol–water partition coefficient (Wildman–Crippen LogP) is 3.64. The molecule has 0 radical (unpaired) electrons. The van der Waals surface area contributed by atoms with Crippen LogP contribution in [-0.4, -0.2) is 11.0 Å². The van der Waals surface area contributed by atoms with Crippen LogP contribution >= 0.6 is 22.9 Å². The maximum absolute atomic E-state index is 5.87. The van der Waals surface area contributed by atoms with E-state index in [1.807, 2.05) is 12.1 Å². The number of nitrogens with zero attached hydrogens (tertiary/aromatic N) is 1. The molecule has 1 aliphatic rings. The molecule has 0 bridgehead atoms. The molecule has 1 saturated carbocycles. The second-order valence-electron chi connectivity index (χ2n) is 4.69. The summed E-state index contributed by atoms with van der Waals surface area (Å²) in [5.41, 5.74) is 2.42. The zero-order valence-electron chi connectivity index (χ0n) is 10.0. The number of halogens is 1. The number of rotatable bonds is 5. The Morgan fingerprint density at radius 3 is 2.78 bits per heavy atom. The van der Waals surface area contributed by atoms with Crippen molar-refractivity contribution in [2.45, 2.75) is 31.8 Å². The highest BCUT2D eigenvalue weighted by Gasteiger charge is 2.20. The van der Waals surface area contributed by atoms with Crippen LogP contribution < -0.4 is 5.32 Å². The third-order valence-corrected chi connectivity index (χ3v) is 4.17. The molecule has 0 saturated heterocycles. The molecular formula is C14H15ClN2S. The molecule has 1 N–H and O–H groups in total. The lowest BCUT2D eigenvalue weighted by molar-refractivity contribution is 0.676. The predicted molar refractivity (Wildman–Crippen MR) is 76.2 cm³/mol. The summed E-state index contributed by atoms with van der Waals surface area (Å²) in [6.07, 6.45) is 3.54. The summed E-state index contributed by atoms with van der Waals surface area (Å²) in [6, 6.07) is 8.73. The molecule has 1 heterocycles. The Balaban J connectivity index is 1.60. The Morgan fingerprint density at radius 2 is 2.06 bits per heavy atom. The van der Waals surface area contributed by atoms with Gasteiger partial charge in [0.25, 0.3) is 0 Å². The highest BCUT2D eigenvalue weighted by Crippen LogP contribution is 2.20. The summed E-state index contributed by atoms with van der Waals surface area (Å²) < 4.78 is 0. The van der Waals surface area contributed by atoms with Gasteiger partial charge in [-0.1, -0.05) is 23.7 Å². The molecule has 2 nitrogen and oxygen atoms in total. The molecule has 0 unspecified atom stereocenters. The number of benzene rings is 1. The standard InChI is InChI=1S/C14H15ClN2S/c15-11-3-1-10(2-4-11)7-14-17-13(9-18-14)8-16-12-5-6-12/h1-4,9,12,16H,5-8H2.